The van der Waals surface area contributed by atoms with Gasteiger partial charge in [0, 0.05) is 29.8 Å². The van der Waals surface area contributed by atoms with Crippen LogP contribution in [0.2, 0.25) is 0 Å². The minimum absolute atomic E-state index is 0.135. The first-order chi connectivity index (χ1) is 12.4. The van der Waals surface area contributed by atoms with Crippen molar-refractivity contribution in [2.45, 2.75) is 108 Å². The minimum atomic E-state index is -0.728. The SMILES string of the molecule is CCCCCCC(C)(O)CSC1CCC(=O)C1CCCCCCC(=O)O. The Bertz CT molecular complexity index is 422. The molecule has 152 valence electrons. The average molecular weight is 387 g/mol. The van der Waals surface area contributed by atoms with Crippen LogP contribution in [0.1, 0.15) is 97.3 Å². The Morgan fingerprint density at radius 3 is 2.54 bits per heavy atom. The Morgan fingerprint density at radius 1 is 1.15 bits per heavy atom. The number of hydrogen-bond acceptors (Lipinski definition) is 4. The number of unbranched alkanes of at least 4 members (excludes halogenated alkanes) is 6. The summed E-state index contributed by atoms with van der Waals surface area (Å²) in [5, 5.41) is 19.6. The molecule has 26 heavy (non-hydrogen) atoms. The Kier molecular flexibility index (Phi) is 11.5. The van der Waals surface area contributed by atoms with Crippen molar-refractivity contribution in [3.05, 3.63) is 0 Å². The van der Waals surface area contributed by atoms with Crippen molar-refractivity contribution >= 4 is 23.5 Å². The molecule has 2 N–H and O–H groups in total. The molecule has 0 aromatic rings. The number of ketones is 1. The number of carboxylic acids is 1. The Balaban J connectivity index is 2.27. The van der Waals surface area contributed by atoms with E-state index in [0.717, 1.165) is 51.4 Å². The molecule has 3 unspecified atom stereocenters. The zero-order chi connectivity index (χ0) is 19.4. The predicted molar refractivity (Wildman–Crippen MR) is 109 cm³/mol. The number of Topliss-reactive ketones (excluding diaryl/α,β-unsaturated/α-hetero) is 1. The van der Waals surface area contributed by atoms with Crippen LogP contribution in [0.5, 0.6) is 0 Å². The van der Waals surface area contributed by atoms with Crippen LogP contribution in [0, 0.1) is 5.92 Å². The second-order valence-corrected chi connectivity index (χ2v) is 9.34. The van der Waals surface area contributed by atoms with Crippen LogP contribution >= 0.6 is 11.8 Å². The first-order valence-electron chi connectivity index (χ1n) is 10.4. The molecule has 0 aromatic carbocycles. The Labute approximate surface area is 163 Å². The maximum absolute atomic E-state index is 12.2. The zero-order valence-electron chi connectivity index (χ0n) is 16.7. The third-order valence-electron chi connectivity index (χ3n) is 5.37. The second-order valence-electron chi connectivity index (χ2n) is 8.12. The molecule has 1 aliphatic carbocycles. The quantitative estimate of drug-likeness (QED) is 0.378. The van der Waals surface area contributed by atoms with E-state index in [2.05, 4.69) is 6.92 Å². The highest BCUT2D eigenvalue weighted by atomic mass is 32.2. The summed E-state index contributed by atoms with van der Waals surface area (Å²) in [6.45, 7) is 4.12. The molecule has 1 rings (SSSR count). The molecular weight excluding hydrogens is 348 g/mol. The first-order valence-corrected chi connectivity index (χ1v) is 11.5. The van der Waals surface area contributed by atoms with Gasteiger partial charge in [0.1, 0.15) is 5.78 Å². The molecule has 0 amide bonds. The summed E-state index contributed by atoms with van der Waals surface area (Å²) in [7, 11) is 0. The minimum Gasteiger partial charge on any atom is -0.481 e. The Morgan fingerprint density at radius 2 is 1.85 bits per heavy atom. The van der Waals surface area contributed by atoms with Gasteiger partial charge in [-0.15, -0.1) is 0 Å². The third kappa shape index (κ3) is 9.96. The van der Waals surface area contributed by atoms with E-state index in [0.29, 0.717) is 23.2 Å². The summed E-state index contributed by atoms with van der Waals surface area (Å²) < 4.78 is 0. The summed E-state index contributed by atoms with van der Waals surface area (Å²) in [6, 6.07) is 0. The number of carbonyl (C=O) groups is 2. The molecule has 0 spiro atoms. The van der Waals surface area contributed by atoms with E-state index in [9.17, 15) is 14.7 Å². The van der Waals surface area contributed by atoms with E-state index in [4.69, 9.17) is 5.11 Å². The number of rotatable bonds is 15. The lowest BCUT2D eigenvalue weighted by Crippen LogP contribution is -2.29. The van der Waals surface area contributed by atoms with Crippen molar-refractivity contribution in [1.29, 1.82) is 0 Å². The summed E-state index contributed by atoms with van der Waals surface area (Å²) in [5.74, 6) is 0.506. The molecule has 0 saturated heterocycles. The largest absolute Gasteiger partial charge is 0.481 e. The van der Waals surface area contributed by atoms with E-state index in [1.807, 2.05) is 6.92 Å². The highest BCUT2D eigenvalue weighted by Gasteiger charge is 2.35. The molecule has 0 radical (unpaired) electrons. The summed E-state index contributed by atoms with van der Waals surface area (Å²) in [5.41, 5.74) is -0.634. The topological polar surface area (TPSA) is 74.6 Å². The van der Waals surface area contributed by atoms with Gasteiger partial charge in [0.2, 0.25) is 0 Å². The molecule has 5 heteroatoms. The Hall–Kier alpha value is -0.550. The van der Waals surface area contributed by atoms with Crippen LogP contribution in [0.15, 0.2) is 0 Å². The third-order valence-corrected chi connectivity index (χ3v) is 7.15. The molecule has 4 nitrogen and oxygen atoms in total. The van der Waals surface area contributed by atoms with Gasteiger partial charge in [-0.05, 0) is 32.6 Å². The molecule has 1 aliphatic rings. The average Bonchev–Trinajstić information content (AvgIpc) is 2.93. The molecule has 0 heterocycles. The van der Waals surface area contributed by atoms with Gasteiger partial charge in [0.15, 0.2) is 0 Å². The number of aliphatic carboxylic acids is 1. The van der Waals surface area contributed by atoms with Crippen molar-refractivity contribution < 1.29 is 19.8 Å². The summed E-state index contributed by atoms with van der Waals surface area (Å²) in [4.78, 5) is 22.7. The molecule has 1 saturated carbocycles. The van der Waals surface area contributed by atoms with E-state index in [1.54, 1.807) is 11.8 Å². The smallest absolute Gasteiger partial charge is 0.303 e. The fraction of sp³-hybridized carbons (Fsp3) is 0.905. The van der Waals surface area contributed by atoms with Gasteiger partial charge in [-0.3, -0.25) is 9.59 Å². The normalized spacial score (nSPS) is 22.5. The fourth-order valence-corrected chi connectivity index (χ4v) is 5.23. The standard InChI is InChI=1S/C21H38O4S/c1-3-4-5-10-15-21(2,25)16-26-19-14-13-18(22)17(19)11-8-6-7-9-12-20(23)24/h17,19,25H,3-16H2,1-2H3,(H,23,24). The number of carbonyl (C=O) groups excluding carboxylic acids is 1. The lowest BCUT2D eigenvalue weighted by molar-refractivity contribution is -0.137. The van der Waals surface area contributed by atoms with Crippen molar-refractivity contribution in [3.63, 3.8) is 0 Å². The fourth-order valence-electron chi connectivity index (χ4n) is 3.71. The van der Waals surface area contributed by atoms with Gasteiger partial charge in [-0.25, -0.2) is 0 Å². The summed E-state index contributed by atoms with van der Waals surface area (Å²) >= 11 is 1.79. The maximum atomic E-state index is 12.2. The van der Waals surface area contributed by atoms with Crippen LogP contribution in [0.25, 0.3) is 0 Å². The molecular formula is C21H38O4S. The molecule has 0 bridgehead atoms. The van der Waals surface area contributed by atoms with Crippen molar-refractivity contribution in [3.8, 4) is 0 Å². The number of thioether (sulfide) groups is 1. The zero-order valence-corrected chi connectivity index (χ0v) is 17.5. The van der Waals surface area contributed by atoms with Crippen molar-refractivity contribution in [1.82, 2.24) is 0 Å². The lowest BCUT2D eigenvalue weighted by atomic mass is 9.98. The monoisotopic (exact) mass is 386 g/mol. The van der Waals surface area contributed by atoms with Crippen LogP contribution < -0.4 is 0 Å². The lowest BCUT2D eigenvalue weighted by Gasteiger charge is -2.26. The maximum Gasteiger partial charge on any atom is 0.303 e. The van der Waals surface area contributed by atoms with Gasteiger partial charge in [-0.2, -0.15) is 11.8 Å². The highest BCUT2D eigenvalue weighted by molar-refractivity contribution is 8.00. The van der Waals surface area contributed by atoms with E-state index < -0.39 is 11.6 Å². The van der Waals surface area contributed by atoms with Crippen LogP contribution in [0.4, 0.5) is 0 Å². The van der Waals surface area contributed by atoms with Gasteiger partial charge in [-0.1, -0.05) is 51.9 Å². The van der Waals surface area contributed by atoms with Crippen LogP contribution in [-0.4, -0.2) is 38.6 Å². The van der Waals surface area contributed by atoms with Gasteiger partial charge >= 0.3 is 5.97 Å². The molecule has 0 aromatic heterocycles. The van der Waals surface area contributed by atoms with E-state index in [1.165, 1.54) is 19.3 Å². The van der Waals surface area contributed by atoms with Crippen LogP contribution in [0.3, 0.4) is 0 Å². The van der Waals surface area contributed by atoms with E-state index >= 15 is 0 Å². The number of hydrogen-bond donors (Lipinski definition) is 2. The predicted octanol–water partition coefficient (Wildman–Crippen LogP) is 5.21. The summed E-state index contributed by atoms with van der Waals surface area (Å²) in [6.07, 6.45) is 12.0. The number of aliphatic hydroxyl groups is 1. The molecule has 1 fully saturated rings. The highest BCUT2D eigenvalue weighted by Crippen LogP contribution is 2.37. The first kappa shape index (κ1) is 23.5. The van der Waals surface area contributed by atoms with Crippen molar-refractivity contribution in [2.75, 3.05) is 5.75 Å². The molecule has 3 atom stereocenters. The van der Waals surface area contributed by atoms with Gasteiger partial charge < -0.3 is 10.2 Å². The molecule has 0 aliphatic heterocycles. The second kappa shape index (κ2) is 12.8. The van der Waals surface area contributed by atoms with E-state index in [-0.39, 0.29) is 12.3 Å². The van der Waals surface area contributed by atoms with Gasteiger partial charge in [0.05, 0.1) is 5.60 Å². The van der Waals surface area contributed by atoms with Gasteiger partial charge in [0.25, 0.3) is 0 Å². The van der Waals surface area contributed by atoms with Crippen molar-refractivity contribution in [2.24, 2.45) is 5.92 Å². The van der Waals surface area contributed by atoms with Crippen LogP contribution in [-0.2, 0) is 9.59 Å². The number of carboxylic acid groups (broad SMARTS) is 1.